The normalized spacial score (nSPS) is 28.3. The predicted octanol–water partition coefficient (Wildman–Crippen LogP) is 0.312. The lowest BCUT2D eigenvalue weighted by atomic mass is 9.77. The topological polar surface area (TPSA) is 64.0 Å². The second-order valence-corrected chi connectivity index (χ2v) is 6.77. The molecule has 2 aliphatic heterocycles. The molecule has 1 unspecified atom stereocenters. The van der Waals surface area contributed by atoms with Gasteiger partial charge in [-0.3, -0.25) is 4.79 Å². The van der Waals surface area contributed by atoms with Crippen molar-refractivity contribution in [1.82, 2.24) is 9.80 Å². The first kappa shape index (κ1) is 15.7. The number of aliphatic hydroxyl groups is 2. The molecule has 0 aromatic rings. The van der Waals surface area contributed by atoms with E-state index in [2.05, 4.69) is 11.9 Å². The zero-order chi connectivity index (χ0) is 14.8. The van der Waals surface area contributed by atoms with Crippen LogP contribution in [0.5, 0.6) is 0 Å². The number of rotatable bonds is 4. The van der Waals surface area contributed by atoms with Crippen LogP contribution in [-0.2, 0) is 4.79 Å². The summed E-state index contributed by atoms with van der Waals surface area (Å²) < 4.78 is 0. The first-order valence-corrected chi connectivity index (χ1v) is 7.70. The second kappa shape index (κ2) is 6.00. The van der Waals surface area contributed by atoms with Crippen molar-refractivity contribution < 1.29 is 15.0 Å². The highest BCUT2D eigenvalue weighted by Gasteiger charge is 2.45. The number of piperidine rings is 1. The molecule has 0 aliphatic carbocycles. The van der Waals surface area contributed by atoms with Crippen molar-refractivity contribution in [2.45, 2.75) is 32.6 Å². The molecular formula is C15H28N2O3. The van der Waals surface area contributed by atoms with Crippen molar-refractivity contribution in [3.63, 3.8) is 0 Å². The maximum atomic E-state index is 12.7. The Bertz CT molecular complexity index is 345. The SMILES string of the molecule is CCC(CO)(CO)C(=O)N1CCCC2(CCN(C)C2)C1. The third-order valence-corrected chi connectivity index (χ3v) is 5.31. The first-order valence-electron chi connectivity index (χ1n) is 7.70. The van der Waals surface area contributed by atoms with Gasteiger partial charge in [-0.1, -0.05) is 6.92 Å². The highest BCUT2D eigenvalue weighted by Crippen LogP contribution is 2.39. The Morgan fingerprint density at radius 3 is 2.40 bits per heavy atom. The molecule has 1 atom stereocenters. The molecule has 116 valence electrons. The molecular weight excluding hydrogens is 256 g/mol. The van der Waals surface area contributed by atoms with Gasteiger partial charge in [-0.25, -0.2) is 0 Å². The standard InChI is InChI=1S/C15H28N2O3/c1-3-15(11-18,12-19)13(20)17-7-4-5-14(10-17)6-8-16(2)9-14/h18-19H,3-12H2,1-2H3. The number of carbonyl (C=O) groups is 1. The molecule has 5 heteroatoms. The molecule has 1 amide bonds. The molecule has 2 saturated heterocycles. The van der Waals surface area contributed by atoms with E-state index in [4.69, 9.17) is 0 Å². The average Bonchev–Trinajstić information content (AvgIpc) is 2.82. The molecule has 0 saturated carbocycles. The number of likely N-dealkylation sites (tertiary alicyclic amines) is 2. The maximum absolute atomic E-state index is 12.7. The number of amides is 1. The summed E-state index contributed by atoms with van der Waals surface area (Å²) in [6.45, 7) is 4.98. The van der Waals surface area contributed by atoms with Gasteiger partial charge in [-0.05, 0) is 39.3 Å². The van der Waals surface area contributed by atoms with E-state index in [0.29, 0.717) is 6.42 Å². The molecule has 0 radical (unpaired) electrons. The Kier molecular flexibility index (Phi) is 4.72. The summed E-state index contributed by atoms with van der Waals surface area (Å²) in [4.78, 5) is 16.9. The van der Waals surface area contributed by atoms with Gasteiger partial charge >= 0.3 is 0 Å². The largest absolute Gasteiger partial charge is 0.395 e. The number of aliphatic hydroxyl groups excluding tert-OH is 2. The lowest BCUT2D eigenvalue weighted by Gasteiger charge is -2.43. The zero-order valence-corrected chi connectivity index (χ0v) is 12.8. The second-order valence-electron chi connectivity index (χ2n) is 6.77. The summed E-state index contributed by atoms with van der Waals surface area (Å²) in [5.74, 6) is -0.0707. The van der Waals surface area contributed by atoms with Crippen LogP contribution in [0.3, 0.4) is 0 Å². The van der Waals surface area contributed by atoms with Crippen LogP contribution in [0.15, 0.2) is 0 Å². The lowest BCUT2D eigenvalue weighted by Crippen LogP contribution is -2.54. The number of hydrogen-bond acceptors (Lipinski definition) is 4. The Morgan fingerprint density at radius 1 is 1.20 bits per heavy atom. The summed E-state index contributed by atoms with van der Waals surface area (Å²) in [5, 5.41) is 19.1. The fraction of sp³-hybridized carbons (Fsp3) is 0.933. The Morgan fingerprint density at radius 2 is 1.90 bits per heavy atom. The Hall–Kier alpha value is -0.650. The van der Waals surface area contributed by atoms with Crippen LogP contribution < -0.4 is 0 Å². The van der Waals surface area contributed by atoms with Crippen LogP contribution in [-0.4, -0.2) is 72.4 Å². The van der Waals surface area contributed by atoms with E-state index in [0.717, 1.165) is 39.0 Å². The summed E-state index contributed by atoms with van der Waals surface area (Å²) in [6.07, 6.45) is 3.82. The van der Waals surface area contributed by atoms with Crippen molar-refractivity contribution in [3.05, 3.63) is 0 Å². The van der Waals surface area contributed by atoms with Crippen LogP contribution >= 0.6 is 0 Å². The summed E-state index contributed by atoms with van der Waals surface area (Å²) in [5.41, 5.74) is -0.768. The smallest absolute Gasteiger partial charge is 0.233 e. The van der Waals surface area contributed by atoms with Crippen molar-refractivity contribution in [3.8, 4) is 0 Å². The van der Waals surface area contributed by atoms with Crippen molar-refractivity contribution in [2.24, 2.45) is 10.8 Å². The zero-order valence-electron chi connectivity index (χ0n) is 12.8. The Labute approximate surface area is 121 Å². The third-order valence-electron chi connectivity index (χ3n) is 5.31. The minimum Gasteiger partial charge on any atom is -0.395 e. The van der Waals surface area contributed by atoms with Crippen LogP contribution in [0.4, 0.5) is 0 Å². The van der Waals surface area contributed by atoms with Gasteiger partial charge in [0, 0.05) is 25.0 Å². The van der Waals surface area contributed by atoms with E-state index in [1.165, 1.54) is 6.42 Å². The van der Waals surface area contributed by atoms with E-state index in [1.807, 2.05) is 11.8 Å². The molecule has 20 heavy (non-hydrogen) atoms. The van der Waals surface area contributed by atoms with Gasteiger partial charge < -0.3 is 20.0 Å². The quantitative estimate of drug-likeness (QED) is 0.780. The third kappa shape index (κ3) is 2.71. The van der Waals surface area contributed by atoms with E-state index in [9.17, 15) is 15.0 Å². The van der Waals surface area contributed by atoms with Gasteiger partial charge in [0.15, 0.2) is 0 Å². The highest BCUT2D eigenvalue weighted by molar-refractivity contribution is 5.83. The van der Waals surface area contributed by atoms with E-state index in [1.54, 1.807) is 0 Å². The molecule has 5 nitrogen and oxygen atoms in total. The van der Waals surface area contributed by atoms with Gasteiger partial charge in [-0.15, -0.1) is 0 Å². The van der Waals surface area contributed by atoms with E-state index < -0.39 is 5.41 Å². The molecule has 0 aromatic carbocycles. The van der Waals surface area contributed by atoms with Crippen molar-refractivity contribution in [1.29, 1.82) is 0 Å². The summed E-state index contributed by atoms with van der Waals surface area (Å²) in [7, 11) is 2.13. The minimum atomic E-state index is -0.997. The fourth-order valence-corrected chi connectivity index (χ4v) is 3.77. The van der Waals surface area contributed by atoms with Gasteiger partial charge in [0.1, 0.15) is 0 Å². The number of carbonyl (C=O) groups excluding carboxylic acids is 1. The summed E-state index contributed by atoms with van der Waals surface area (Å²) >= 11 is 0. The number of nitrogens with zero attached hydrogens (tertiary/aromatic N) is 2. The number of hydrogen-bond donors (Lipinski definition) is 2. The summed E-state index contributed by atoms with van der Waals surface area (Å²) in [6, 6.07) is 0. The molecule has 0 aromatic heterocycles. The van der Waals surface area contributed by atoms with E-state index in [-0.39, 0.29) is 24.5 Å². The molecule has 0 bridgehead atoms. The van der Waals surface area contributed by atoms with Crippen LogP contribution in [0, 0.1) is 10.8 Å². The minimum absolute atomic E-state index is 0.0707. The first-order chi connectivity index (χ1) is 9.51. The van der Waals surface area contributed by atoms with Crippen LogP contribution in [0.25, 0.3) is 0 Å². The average molecular weight is 284 g/mol. The van der Waals surface area contributed by atoms with Gasteiger partial charge in [-0.2, -0.15) is 0 Å². The molecule has 2 heterocycles. The molecule has 2 fully saturated rings. The van der Waals surface area contributed by atoms with Crippen molar-refractivity contribution in [2.75, 3.05) is 46.4 Å². The fourth-order valence-electron chi connectivity index (χ4n) is 3.77. The monoisotopic (exact) mass is 284 g/mol. The van der Waals surface area contributed by atoms with Gasteiger partial charge in [0.2, 0.25) is 5.91 Å². The van der Waals surface area contributed by atoms with Crippen LogP contribution in [0.1, 0.15) is 32.6 Å². The molecule has 2 N–H and O–H groups in total. The lowest BCUT2D eigenvalue weighted by molar-refractivity contribution is -0.151. The van der Waals surface area contributed by atoms with Crippen molar-refractivity contribution >= 4 is 5.91 Å². The van der Waals surface area contributed by atoms with Gasteiger partial charge in [0.05, 0.1) is 18.6 Å². The van der Waals surface area contributed by atoms with Gasteiger partial charge in [0.25, 0.3) is 0 Å². The molecule has 2 rings (SSSR count). The predicted molar refractivity (Wildman–Crippen MR) is 77.3 cm³/mol. The Balaban J connectivity index is 2.10. The molecule has 2 aliphatic rings. The molecule has 1 spiro atoms. The van der Waals surface area contributed by atoms with Crippen LogP contribution in [0.2, 0.25) is 0 Å². The van der Waals surface area contributed by atoms with E-state index >= 15 is 0 Å². The highest BCUT2D eigenvalue weighted by atomic mass is 16.3. The maximum Gasteiger partial charge on any atom is 0.233 e.